The molecule has 2 rings (SSSR count). The number of pyridine rings is 1. The molecule has 0 unspecified atom stereocenters. The predicted octanol–water partition coefficient (Wildman–Crippen LogP) is 2.20. The van der Waals surface area contributed by atoms with Gasteiger partial charge in [0.25, 0.3) is 0 Å². The summed E-state index contributed by atoms with van der Waals surface area (Å²) in [6.07, 6.45) is 3.05. The maximum absolute atomic E-state index is 5.76. The lowest BCUT2D eigenvalue weighted by Gasteiger charge is -2.39. The van der Waals surface area contributed by atoms with Crippen molar-refractivity contribution in [3.63, 3.8) is 0 Å². The van der Waals surface area contributed by atoms with Crippen LogP contribution in [0.1, 0.15) is 32.9 Å². The summed E-state index contributed by atoms with van der Waals surface area (Å²) in [6.45, 7) is 11.0. The molecule has 4 nitrogen and oxygen atoms in total. The maximum atomic E-state index is 5.76. The Morgan fingerprint density at radius 2 is 2.32 bits per heavy atom. The second-order valence-electron chi connectivity index (χ2n) is 5.71. The fourth-order valence-electron chi connectivity index (χ4n) is 2.39. The van der Waals surface area contributed by atoms with Gasteiger partial charge < -0.3 is 15.0 Å². The first-order valence-corrected chi connectivity index (χ1v) is 7.15. The molecule has 0 atom stereocenters. The number of nitrogens with one attached hydrogen (secondary N) is 1. The Hall–Kier alpha value is -1.13. The topological polar surface area (TPSA) is 37.4 Å². The van der Waals surface area contributed by atoms with Crippen LogP contribution in [0.25, 0.3) is 0 Å². The van der Waals surface area contributed by atoms with Crippen molar-refractivity contribution in [2.75, 3.05) is 31.1 Å². The normalized spacial score (nSPS) is 18.6. The first-order chi connectivity index (χ1) is 9.11. The number of morpholine rings is 1. The van der Waals surface area contributed by atoms with E-state index in [2.05, 4.69) is 48.1 Å². The molecule has 0 spiro atoms. The minimum atomic E-state index is -0.0673. The fraction of sp³-hybridized carbons (Fsp3) is 0.667. The summed E-state index contributed by atoms with van der Waals surface area (Å²) < 4.78 is 5.76. The van der Waals surface area contributed by atoms with Gasteiger partial charge >= 0.3 is 0 Å². The van der Waals surface area contributed by atoms with Crippen LogP contribution in [0.15, 0.2) is 18.3 Å². The van der Waals surface area contributed by atoms with Crippen LogP contribution in [-0.2, 0) is 11.3 Å². The zero-order chi connectivity index (χ0) is 13.7. The van der Waals surface area contributed by atoms with Crippen LogP contribution in [0.4, 0.5) is 5.69 Å². The van der Waals surface area contributed by atoms with E-state index in [1.807, 2.05) is 6.20 Å². The van der Waals surface area contributed by atoms with Crippen LogP contribution < -0.4 is 10.2 Å². The van der Waals surface area contributed by atoms with E-state index in [9.17, 15) is 0 Å². The lowest BCUT2D eigenvalue weighted by Crippen LogP contribution is -2.48. The lowest BCUT2D eigenvalue weighted by atomic mass is 10.1. The van der Waals surface area contributed by atoms with Gasteiger partial charge in [0.05, 0.1) is 17.9 Å². The SMILES string of the molecule is CCCNCc1cc(N2CCOC(C)(C)C2)ccn1. The molecule has 106 valence electrons. The minimum absolute atomic E-state index is 0.0673. The summed E-state index contributed by atoms with van der Waals surface area (Å²) in [5.41, 5.74) is 2.29. The highest BCUT2D eigenvalue weighted by Crippen LogP contribution is 2.23. The van der Waals surface area contributed by atoms with Crippen molar-refractivity contribution in [3.05, 3.63) is 24.0 Å². The van der Waals surface area contributed by atoms with Gasteiger partial charge in [0, 0.05) is 31.5 Å². The van der Waals surface area contributed by atoms with Crippen LogP contribution in [-0.4, -0.2) is 36.8 Å². The lowest BCUT2D eigenvalue weighted by molar-refractivity contribution is -0.0277. The van der Waals surface area contributed by atoms with Gasteiger partial charge in [0.1, 0.15) is 0 Å². The van der Waals surface area contributed by atoms with E-state index in [4.69, 9.17) is 4.74 Å². The highest BCUT2D eigenvalue weighted by Gasteiger charge is 2.27. The summed E-state index contributed by atoms with van der Waals surface area (Å²) in [5.74, 6) is 0. The highest BCUT2D eigenvalue weighted by molar-refractivity contribution is 5.47. The quantitative estimate of drug-likeness (QED) is 0.826. The molecule has 1 fully saturated rings. The number of hydrogen-bond donors (Lipinski definition) is 1. The summed E-state index contributed by atoms with van der Waals surface area (Å²) in [7, 11) is 0. The number of nitrogens with zero attached hydrogens (tertiary/aromatic N) is 2. The Balaban J connectivity index is 2.01. The van der Waals surface area contributed by atoms with Crippen molar-refractivity contribution < 1.29 is 4.74 Å². The van der Waals surface area contributed by atoms with Crippen molar-refractivity contribution in [3.8, 4) is 0 Å². The van der Waals surface area contributed by atoms with E-state index in [1.165, 1.54) is 5.69 Å². The molecule has 4 heteroatoms. The van der Waals surface area contributed by atoms with Crippen molar-refractivity contribution in [1.29, 1.82) is 0 Å². The van der Waals surface area contributed by atoms with E-state index in [-0.39, 0.29) is 5.60 Å². The predicted molar refractivity (Wildman–Crippen MR) is 78.5 cm³/mol. The monoisotopic (exact) mass is 263 g/mol. The number of aromatic nitrogens is 1. The molecule has 0 amide bonds. The van der Waals surface area contributed by atoms with Crippen molar-refractivity contribution >= 4 is 5.69 Å². The first kappa shape index (κ1) is 14.3. The third kappa shape index (κ3) is 4.18. The number of rotatable bonds is 5. The minimum Gasteiger partial charge on any atom is -0.372 e. The number of hydrogen-bond acceptors (Lipinski definition) is 4. The molecule has 0 bridgehead atoms. The maximum Gasteiger partial charge on any atom is 0.0801 e. The summed E-state index contributed by atoms with van der Waals surface area (Å²) in [6, 6.07) is 4.27. The smallest absolute Gasteiger partial charge is 0.0801 e. The van der Waals surface area contributed by atoms with Gasteiger partial charge in [0.15, 0.2) is 0 Å². The van der Waals surface area contributed by atoms with Crippen molar-refractivity contribution in [2.24, 2.45) is 0 Å². The molecular weight excluding hydrogens is 238 g/mol. The molecule has 19 heavy (non-hydrogen) atoms. The van der Waals surface area contributed by atoms with Crippen LogP contribution in [0.2, 0.25) is 0 Å². The Bertz CT molecular complexity index is 406. The van der Waals surface area contributed by atoms with Gasteiger partial charge in [-0.05, 0) is 38.9 Å². The molecular formula is C15H25N3O. The Labute approximate surface area is 116 Å². The van der Waals surface area contributed by atoms with Gasteiger partial charge in [-0.25, -0.2) is 0 Å². The van der Waals surface area contributed by atoms with Crippen molar-refractivity contribution in [2.45, 2.75) is 39.3 Å². The molecule has 1 saturated heterocycles. The zero-order valence-electron chi connectivity index (χ0n) is 12.3. The Morgan fingerprint density at radius 1 is 1.47 bits per heavy atom. The van der Waals surface area contributed by atoms with Crippen LogP contribution in [0, 0.1) is 0 Å². The standard InChI is InChI=1S/C15H25N3O/c1-4-6-16-11-13-10-14(5-7-17-13)18-8-9-19-15(2,3)12-18/h5,7,10,16H,4,6,8-9,11-12H2,1-3H3. The van der Waals surface area contributed by atoms with Gasteiger partial charge in [-0.2, -0.15) is 0 Å². The van der Waals surface area contributed by atoms with E-state index in [0.717, 1.165) is 44.9 Å². The van der Waals surface area contributed by atoms with E-state index >= 15 is 0 Å². The largest absolute Gasteiger partial charge is 0.372 e. The third-order valence-electron chi connectivity index (χ3n) is 3.32. The molecule has 2 heterocycles. The van der Waals surface area contributed by atoms with Crippen LogP contribution in [0.3, 0.4) is 0 Å². The molecule has 1 N–H and O–H groups in total. The van der Waals surface area contributed by atoms with E-state index < -0.39 is 0 Å². The third-order valence-corrected chi connectivity index (χ3v) is 3.32. The number of anilines is 1. The molecule has 0 saturated carbocycles. The van der Waals surface area contributed by atoms with Crippen LogP contribution in [0.5, 0.6) is 0 Å². The van der Waals surface area contributed by atoms with Crippen molar-refractivity contribution in [1.82, 2.24) is 10.3 Å². The highest BCUT2D eigenvalue weighted by atomic mass is 16.5. The van der Waals surface area contributed by atoms with E-state index in [1.54, 1.807) is 0 Å². The second kappa shape index (κ2) is 6.35. The van der Waals surface area contributed by atoms with Gasteiger partial charge in [-0.3, -0.25) is 4.98 Å². The summed E-state index contributed by atoms with van der Waals surface area (Å²) in [5, 5.41) is 3.39. The zero-order valence-corrected chi connectivity index (χ0v) is 12.3. The van der Waals surface area contributed by atoms with Crippen LogP contribution >= 0.6 is 0 Å². The Morgan fingerprint density at radius 3 is 3.05 bits per heavy atom. The molecule has 1 aliphatic rings. The first-order valence-electron chi connectivity index (χ1n) is 7.15. The second-order valence-corrected chi connectivity index (χ2v) is 5.71. The molecule has 1 aliphatic heterocycles. The fourth-order valence-corrected chi connectivity index (χ4v) is 2.39. The molecule has 0 aromatic carbocycles. The molecule has 0 radical (unpaired) electrons. The van der Waals surface area contributed by atoms with E-state index in [0.29, 0.717) is 0 Å². The average Bonchev–Trinajstić information content (AvgIpc) is 2.38. The summed E-state index contributed by atoms with van der Waals surface area (Å²) >= 11 is 0. The number of ether oxygens (including phenoxy) is 1. The average molecular weight is 263 g/mol. The Kier molecular flexibility index (Phi) is 4.77. The molecule has 1 aromatic rings. The van der Waals surface area contributed by atoms with Gasteiger partial charge in [0.2, 0.25) is 0 Å². The van der Waals surface area contributed by atoms with Gasteiger partial charge in [-0.15, -0.1) is 0 Å². The molecule has 0 aliphatic carbocycles. The van der Waals surface area contributed by atoms with Gasteiger partial charge in [-0.1, -0.05) is 6.92 Å². The summed E-state index contributed by atoms with van der Waals surface area (Å²) in [4.78, 5) is 6.81. The molecule has 1 aromatic heterocycles.